The number of carbonyl (C=O) groups excluding carboxylic acids is 1. The third-order valence-corrected chi connectivity index (χ3v) is 8.70. The van der Waals surface area contributed by atoms with Crippen LogP contribution in [0.25, 0.3) is 0 Å². The minimum absolute atomic E-state index is 0.0869. The molecule has 0 aromatic heterocycles. The average Bonchev–Trinajstić information content (AvgIpc) is 3.01. The van der Waals surface area contributed by atoms with Gasteiger partial charge < -0.3 is 18.9 Å². The van der Waals surface area contributed by atoms with Gasteiger partial charge in [-0.2, -0.15) is 0 Å². The van der Waals surface area contributed by atoms with Gasteiger partial charge in [0, 0.05) is 13.0 Å². The smallest absolute Gasteiger partial charge is 0.457 e. The molecule has 2 atom stereocenters. The Bertz CT molecular complexity index is 853. The second-order valence-corrected chi connectivity index (χ2v) is 15.0. The summed E-state index contributed by atoms with van der Waals surface area (Å²) < 4.78 is 34.7. The van der Waals surface area contributed by atoms with Crippen molar-refractivity contribution < 1.29 is 37.3 Å². The van der Waals surface area contributed by atoms with Crippen LogP contribution in [0.2, 0.25) is 0 Å². The molecule has 0 aliphatic carbocycles. The summed E-state index contributed by atoms with van der Waals surface area (Å²) in [6.07, 6.45) is 34.7. The molecule has 0 aromatic rings. The van der Waals surface area contributed by atoms with Crippen LogP contribution in [-0.4, -0.2) is 75.6 Å². The largest absolute Gasteiger partial charge is 0.472 e. The second-order valence-electron chi connectivity index (χ2n) is 13.6. The van der Waals surface area contributed by atoms with Gasteiger partial charge in [0.2, 0.25) is 0 Å². The molecule has 0 rings (SSSR count). The Hall–Kier alpha value is -1.28. The molecule has 276 valence electrons. The van der Waals surface area contributed by atoms with Crippen molar-refractivity contribution in [3.05, 3.63) is 36.5 Å². The van der Waals surface area contributed by atoms with Crippen LogP contribution in [0, 0.1) is 0 Å². The Morgan fingerprint density at radius 2 is 1.23 bits per heavy atom. The zero-order valence-electron chi connectivity index (χ0n) is 31.0. The van der Waals surface area contributed by atoms with Gasteiger partial charge in [-0.25, -0.2) is 4.57 Å². The molecule has 0 fully saturated rings. The van der Waals surface area contributed by atoms with E-state index in [0.717, 1.165) is 51.4 Å². The van der Waals surface area contributed by atoms with Crippen LogP contribution in [0.15, 0.2) is 36.5 Å². The van der Waals surface area contributed by atoms with Gasteiger partial charge >= 0.3 is 13.8 Å². The van der Waals surface area contributed by atoms with Crippen LogP contribution in [-0.2, 0) is 27.9 Å². The first-order chi connectivity index (χ1) is 22.6. The van der Waals surface area contributed by atoms with Crippen molar-refractivity contribution in [1.82, 2.24) is 0 Å². The monoisotopic (exact) mass is 687 g/mol. The maximum Gasteiger partial charge on any atom is 0.472 e. The predicted octanol–water partition coefficient (Wildman–Crippen LogP) is 10.3. The highest BCUT2D eigenvalue weighted by Gasteiger charge is 2.26. The Kier molecular flexibility index (Phi) is 31.1. The minimum atomic E-state index is -4.26. The predicted molar refractivity (Wildman–Crippen MR) is 196 cm³/mol. The quantitative estimate of drug-likeness (QED) is 0.0237. The Balaban J connectivity index is 4.19. The van der Waals surface area contributed by atoms with Gasteiger partial charge in [0.25, 0.3) is 0 Å². The number of hydrogen-bond acceptors (Lipinski definition) is 6. The molecule has 2 unspecified atom stereocenters. The van der Waals surface area contributed by atoms with Crippen LogP contribution in [0.3, 0.4) is 0 Å². The second kappa shape index (κ2) is 32.0. The molecule has 0 aromatic carbocycles. The van der Waals surface area contributed by atoms with Crippen molar-refractivity contribution in [2.45, 2.75) is 148 Å². The highest BCUT2D eigenvalue weighted by atomic mass is 31.2. The van der Waals surface area contributed by atoms with E-state index in [-0.39, 0.29) is 25.8 Å². The molecule has 0 amide bonds. The summed E-state index contributed by atoms with van der Waals surface area (Å²) in [5.74, 6) is -0.325. The summed E-state index contributed by atoms with van der Waals surface area (Å²) in [7, 11) is 1.66. The van der Waals surface area contributed by atoms with Crippen molar-refractivity contribution in [1.29, 1.82) is 0 Å². The maximum atomic E-state index is 12.5. The van der Waals surface area contributed by atoms with Crippen molar-refractivity contribution in [2.24, 2.45) is 0 Å². The van der Waals surface area contributed by atoms with Gasteiger partial charge in [0.15, 0.2) is 0 Å². The number of hydrogen-bond donors (Lipinski definition) is 1. The number of nitrogens with zero attached hydrogens (tertiary/aromatic N) is 1. The number of ether oxygens (including phenoxy) is 2. The number of esters is 1. The van der Waals surface area contributed by atoms with E-state index in [1.807, 2.05) is 21.1 Å². The van der Waals surface area contributed by atoms with E-state index in [1.54, 1.807) is 0 Å². The number of quaternary nitrogens is 1. The van der Waals surface area contributed by atoms with Gasteiger partial charge in [-0.3, -0.25) is 13.8 Å². The first-order valence-electron chi connectivity index (χ1n) is 18.7. The third kappa shape index (κ3) is 35.8. The zero-order valence-corrected chi connectivity index (χ0v) is 31.9. The zero-order chi connectivity index (χ0) is 34.9. The molecule has 0 bridgehead atoms. The number of rotatable bonds is 34. The van der Waals surface area contributed by atoms with E-state index in [2.05, 4.69) is 50.3 Å². The third-order valence-electron chi connectivity index (χ3n) is 7.72. The summed E-state index contributed by atoms with van der Waals surface area (Å²) in [5.41, 5.74) is 0. The molecule has 0 saturated heterocycles. The summed E-state index contributed by atoms with van der Waals surface area (Å²) in [6.45, 7) is 5.44. The topological polar surface area (TPSA) is 91.3 Å². The van der Waals surface area contributed by atoms with Crippen LogP contribution < -0.4 is 0 Å². The minimum Gasteiger partial charge on any atom is -0.457 e. The number of allylic oxidation sites excluding steroid dienone is 6. The molecule has 0 aliphatic heterocycles. The Morgan fingerprint density at radius 1 is 0.681 bits per heavy atom. The summed E-state index contributed by atoms with van der Waals surface area (Å²) in [6, 6.07) is 0. The van der Waals surface area contributed by atoms with E-state index in [0.29, 0.717) is 24.1 Å². The van der Waals surface area contributed by atoms with Crippen molar-refractivity contribution in [3.63, 3.8) is 0 Å². The lowest BCUT2D eigenvalue weighted by Gasteiger charge is -2.24. The van der Waals surface area contributed by atoms with Gasteiger partial charge in [-0.15, -0.1) is 0 Å². The number of likely N-dealkylation sites (N-methyl/N-ethyl adjacent to an activating group) is 1. The lowest BCUT2D eigenvalue weighted by molar-refractivity contribution is -0.870. The van der Waals surface area contributed by atoms with E-state index < -0.39 is 13.9 Å². The van der Waals surface area contributed by atoms with Gasteiger partial charge in [0.1, 0.15) is 19.3 Å². The molecule has 9 heteroatoms. The average molecular weight is 687 g/mol. The lowest BCUT2D eigenvalue weighted by atomic mass is 10.1. The first kappa shape index (κ1) is 45.7. The van der Waals surface area contributed by atoms with Crippen LogP contribution in [0.4, 0.5) is 0 Å². The molecule has 0 radical (unpaired) electrons. The highest BCUT2D eigenvalue weighted by molar-refractivity contribution is 7.47. The molecule has 0 heterocycles. The molecule has 47 heavy (non-hydrogen) atoms. The van der Waals surface area contributed by atoms with E-state index >= 15 is 0 Å². The van der Waals surface area contributed by atoms with Gasteiger partial charge in [-0.1, -0.05) is 127 Å². The van der Waals surface area contributed by atoms with Crippen LogP contribution in [0.5, 0.6) is 0 Å². The fraction of sp³-hybridized carbons (Fsp3) is 0.816. The van der Waals surface area contributed by atoms with Crippen molar-refractivity contribution in [2.75, 3.05) is 54.1 Å². The SMILES string of the molecule is CC/C=C\C/C=C\C/C=C\CCCCCCCCCCOCC(COP(=O)(O)OCC[N+](C)(C)C)OC(=O)CCCCCCCCC. The van der Waals surface area contributed by atoms with E-state index in [1.165, 1.54) is 70.6 Å². The number of phosphoric acid groups is 1. The molecular weight excluding hydrogens is 613 g/mol. The van der Waals surface area contributed by atoms with E-state index in [9.17, 15) is 14.3 Å². The molecule has 8 nitrogen and oxygen atoms in total. The van der Waals surface area contributed by atoms with E-state index in [4.69, 9.17) is 18.5 Å². The fourth-order valence-corrected chi connectivity index (χ4v) is 5.54. The lowest BCUT2D eigenvalue weighted by Crippen LogP contribution is -2.37. The molecular formula is C38H73NO7P+. The number of phosphoric ester groups is 1. The summed E-state index contributed by atoms with van der Waals surface area (Å²) in [5, 5.41) is 0. The van der Waals surface area contributed by atoms with Gasteiger partial charge in [0.05, 0.1) is 34.4 Å². The molecule has 0 saturated carbocycles. The Labute approximate surface area is 289 Å². The van der Waals surface area contributed by atoms with Gasteiger partial charge in [-0.05, 0) is 44.9 Å². The summed E-state index contributed by atoms with van der Waals surface area (Å²) in [4.78, 5) is 22.6. The highest BCUT2D eigenvalue weighted by Crippen LogP contribution is 2.43. The molecule has 0 aliphatic rings. The standard InChI is InChI=1S/C38H72NO7P/c1-6-8-10-12-14-15-16-17-18-19-20-21-22-23-24-26-28-30-33-43-35-37(36-45-47(41,42)44-34-32-39(3,4)5)46-38(40)31-29-27-25-13-11-9-7-2/h8,10,14-15,17-18,37H,6-7,9,11-13,16,19-36H2,1-5H3/p+1/b10-8-,15-14-,18-17-. The fourth-order valence-electron chi connectivity index (χ4n) is 4.80. The normalized spacial score (nSPS) is 14.4. The number of carbonyl (C=O) groups is 1. The number of unbranched alkanes of at least 4 members (excludes halogenated alkanes) is 14. The maximum absolute atomic E-state index is 12.5. The first-order valence-corrected chi connectivity index (χ1v) is 20.2. The van der Waals surface area contributed by atoms with Crippen LogP contribution in [0.1, 0.15) is 142 Å². The van der Waals surface area contributed by atoms with Crippen molar-refractivity contribution in [3.8, 4) is 0 Å². The van der Waals surface area contributed by atoms with Crippen molar-refractivity contribution >= 4 is 13.8 Å². The summed E-state index contributed by atoms with van der Waals surface area (Å²) >= 11 is 0. The Morgan fingerprint density at radius 3 is 1.85 bits per heavy atom. The molecule has 1 N–H and O–H groups in total. The molecule has 0 spiro atoms. The van der Waals surface area contributed by atoms with Crippen LogP contribution >= 0.6 is 7.82 Å².